The van der Waals surface area contributed by atoms with Gasteiger partial charge < -0.3 is 10.1 Å². The number of methoxy groups -OCH3 is 1. The van der Waals surface area contributed by atoms with Crippen LogP contribution < -0.4 is 10.9 Å². The fourth-order valence-corrected chi connectivity index (χ4v) is 3.34. The summed E-state index contributed by atoms with van der Waals surface area (Å²) in [6, 6.07) is 5.38. The molecular weight excluding hydrogens is 350 g/mol. The molecule has 26 heavy (non-hydrogen) atoms. The summed E-state index contributed by atoms with van der Waals surface area (Å²) in [7, 11) is 1.64. The topological polar surface area (TPSA) is 84.3 Å². The van der Waals surface area contributed by atoms with Crippen molar-refractivity contribution in [2.75, 3.05) is 7.11 Å². The molecule has 0 aromatic carbocycles. The van der Waals surface area contributed by atoms with E-state index in [-0.39, 0.29) is 5.56 Å². The number of fused-ring (bicyclic) bond motifs is 1. The molecular formula is C18H17N5O2S. The molecule has 0 saturated heterocycles. The van der Waals surface area contributed by atoms with Gasteiger partial charge in [0.05, 0.1) is 29.9 Å². The highest BCUT2D eigenvalue weighted by molar-refractivity contribution is 7.13. The Labute approximate surface area is 153 Å². The van der Waals surface area contributed by atoms with Crippen molar-refractivity contribution in [1.29, 1.82) is 0 Å². The third-order valence-electron chi connectivity index (χ3n) is 3.92. The van der Waals surface area contributed by atoms with Gasteiger partial charge in [-0.05, 0) is 30.0 Å². The molecule has 0 spiro atoms. The molecule has 0 fully saturated rings. The maximum absolute atomic E-state index is 12.4. The molecule has 1 aliphatic rings. The molecule has 132 valence electrons. The highest BCUT2D eigenvalue weighted by Crippen LogP contribution is 2.20. The van der Waals surface area contributed by atoms with Crippen molar-refractivity contribution in [3.8, 4) is 10.7 Å². The van der Waals surface area contributed by atoms with Crippen molar-refractivity contribution >= 4 is 17.1 Å². The maximum atomic E-state index is 12.4. The van der Waals surface area contributed by atoms with Crippen LogP contribution >= 0.6 is 11.3 Å². The van der Waals surface area contributed by atoms with Gasteiger partial charge in [0, 0.05) is 6.07 Å². The Morgan fingerprint density at radius 1 is 1.42 bits per heavy atom. The largest absolute Gasteiger partial charge is 0.495 e. The lowest BCUT2D eigenvalue weighted by Gasteiger charge is -2.12. The summed E-state index contributed by atoms with van der Waals surface area (Å²) < 4.78 is 6.75. The van der Waals surface area contributed by atoms with E-state index in [1.165, 1.54) is 10.6 Å². The zero-order valence-electron chi connectivity index (χ0n) is 14.1. The first-order chi connectivity index (χ1) is 12.7. The zero-order valence-corrected chi connectivity index (χ0v) is 14.9. The third-order valence-corrected chi connectivity index (χ3v) is 4.80. The van der Waals surface area contributed by atoms with Gasteiger partial charge in [0.1, 0.15) is 5.76 Å². The van der Waals surface area contributed by atoms with Crippen LogP contribution in [-0.4, -0.2) is 26.7 Å². The van der Waals surface area contributed by atoms with Gasteiger partial charge in [0.15, 0.2) is 5.82 Å². The summed E-state index contributed by atoms with van der Waals surface area (Å²) in [6.07, 6.45) is 8.76. The van der Waals surface area contributed by atoms with E-state index < -0.39 is 0 Å². The van der Waals surface area contributed by atoms with Crippen LogP contribution in [0.1, 0.15) is 12.1 Å². The molecule has 7 nitrogen and oxygen atoms in total. The van der Waals surface area contributed by atoms with Gasteiger partial charge >= 0.3 is 0 Å². The Balaban J connectivity index is 1.60. The number of allylic oxidation sites excluding steroid dienone is 4. The molecule has 4 rings (SSSR count). The number of aromatic nitrogens is 4. The van der Waals surface area contributed by atoms with Crippen LogP contribution in [0.5, 0.6) is 0 Å². The molecule has 0 aliphatic heterocycles. The van der Waals surface area contributed by atoms with Gasteiger partial charge in [0.2, 0.25) is 0 Å². The SMILES string of the molecule is COC1=CCC=CC=C1NCc1cc(=O)n2[nH]c(-c3cccs3)nc2n1. The van der Waals surface area contributed by atoms with E-state index >= 15 is 0 Å². The van der Waals surface area contributed by atoms with Gasteiger partial charge in [-0.1, -0.05) is 18.2 Å². The Bertz CT molecular complexity index is 1070. The number of H-pyrrole nitrogens is 1. The molecule has 0 amide bonds. The number of thiophene rings is 1. The highest BCUT2D eigenvalue weighted by Gasteiger charge is 2.11. The summed E-state index contributed by atoms with van der Waals surface area (Å²) in [6.45, 7) is 0.396. The number of ether oxygens (including phenoxy) is 1. The van der Waals surface area contributed by atoms with E-state index in [0.29, 0.717) is 23.8 Å². The number of aromatic amines is 1. The highest BCUT2D eigenvalue weighted by atomic mass is 32.1. The molecule has 3 aromatic rings. The fraction of sp³-hybridized carbons (Fsp3) is 0.167. The predicted molar refractivity (Wildman–Crippen MR) is 101 cm³/mol. The molecule has 8 heteroatoms. The first kappa shape index (κ1) is 16.3. The lowest BCUT2D eigenvalue weighted by atomic mass is 10.3. The molecule has 0 radical (unpaired) electrons. The summed E-state index contributed by atoms with van der Waals surface area (Å²) in [5.41, 5.74) is 1.27. The maximum Gasteiger partial charge on any atom is 0.274 e. The molecule has 3 heterocycles. The van der Waals surface area contributed by atoms with Crippen molar-refractivity contribution in [3.05, 3.63) is 75.4 Å². The van der Waals surface area contributed by atoms with E-state index in [1.54, 1.807) is 18.4 Å². The van der Waals surface area contributed by atoms with Crippen LogP contribution in [0.2, 0.25) is 0 Å². The van der Waals surface area contributed by atoms with Crippen LogP contribution in [0.25, 0.3) is 16.5 Å². The first-order valence-corrected chi connectivity index (χ1v) is 9.00. The lowest BCUT2D eigenvalue weighted by Crippen LogP contribution is -2.20. The van der Waals surface area contributed by atoms with E-state index in [9.17, 15) is 4.79 Å². The average molecular weight is 367 g/mol. The quantitative estimate of drug-likeness (QED) is 0.724. The van der Waals surface area contributed by atoms with Crippen molar-refractivity contribution in [1.82, 2.24) is 24.9 Å². The lowest BCUT2D eigenvalue weighted by molar-refractivity contribution is 0.294. The van der Waals surface area contributed by atoms with Gasteiger partial charge in [-0.2, -0.15) is 9.50 Å². The van der Waals surface area contributed by atoms with Crippen molar-refractivity contribution in [2.45, 2.75) is 13.0 Å². The predicted octanol–water partition coefficient (Wildman–Crippen LogP) is 2.61. The van der Waals surface area contributed by atoms with Crippen LogP contribution in [0.4, 0.5) is 0 Å². The van der Waals surface area contributed by atoms with Gasteiger partial charge in [-0.15, -0.1) is 11.3 Å². The van der Waals surface area contributed by atoms with E-state index in [4.69, 9.17) is 4.74 Å². The number of rotatable bonds is 5. The Hall–Kier alpha value is -3.13. The average Bonchev–Trinajstić information content (AvgIpc) is 3.25. The van der Waals surface area contributed by atoms with Crippen LogP contribution in [0, 0.1) is 0 Å². The van der Waals surface area contributed by atoms with E-state index in [1.807, 2.05) is 41.8 Å². The second kappa shape index (κ2) is 7.01. The minimum absolute atomic E-state index is 0.195. The van der Waals surface area contributed by atoms with E-state index in [0.717, 1.165) is 22.8 Å². The van der Waals surface area contributed by atoms with E-state index in [2.05, 4.69) is 20.4 Å². The second-order valence-electron chi connectivity index (χ2n) is 5.64. The molecule has 1 aliphatic carbocycles. The summed E-state index contributed by atoms with van der Waals surface area (Å²) in [5.74, 6) is 1.76. The van der Waals surface area contributed by atoms with Gasteiger partial charge in [-0.3, -0.25) is 9.89 Å². The Morgan fingerprint density at radius 3 is 3.15 bits per heavy atom. The van der Waals surface area contributed by atoms with Crippen molar-refractivity contribution in [2.24, 2.45) is 0 Å². The van der Waals surface area contributed by atoms with Crippen LogP contribution in [-0.2, 0) is 11.3 Å². The second-order valence-corrected chi connectivity index (χ2v) is 6.59. The van der Waals surface area contributed by atoms with Crippen molar-refractivity contribution in [3.63, 3.8) is 0 Å². The van der Waals surface area contributed by atoms with Crippen molar-refractivity contribution < 1.29 is 4.74 Å². The molecule has 0 atom stereocenters. The minimum Gasteiger partial charge on any atom is -0.495 e. The van der Waals surface area contributed by atoms with Gasteiger partial charge in [0.25, 0.3) is 11.3 Å². The fourth-order valence-electron chi connectivity index (χ4n) is 2.68. The molecule has 0 unspecified atom stereocenters. The normalized spacial score (nSPS) is 14.0. The molecule has 0 saturated carbocycles. The standard InChI is InChI=1S/C18H17N5O2S/c1-25-14-7-4-2-3-6-13(14)19-11-12-10-16(24)23-18(20-12)21-17(22-23)15-8-5-9-26-15/h2-3,5-10,19H,4,11H2,1H3,(H,20,21,22). The number of nitrogens with zero attached hydrogens (tertiary/aromatic N) is 3. The number of nitrogens with one attached hydrogen (secondary N) is 2. The number of hydrogen-bond donors (Lipinski definition) is 2. The molecule has 3 aromatic heterocycles. The zero-order chi connectivity index (χ0) is 17.9. The van der Waals surface area contributed by atoms with Crippen LogP contribution in [0.15, 0.2) is 64.1 Å². The Kier molecular flexibility index (Phi) is 4.40. The Morgan fingerprint density at radius 2 is 2.35 bits per heavy atom. The monoisotopic (exact) mass is 367 g/mol. The molecule has 2 N–H and O–H groups in total. The minimum atomic E-state index is -0.195. The summed E-state index contributed by atoms with van der Waals surface area (Å²) >= 11 is 1.55. The smallest absolute Gasteiger partial charge is 0.274 e. The molecule has 0 bridgehead atoms. The summed E-state index contributed by atoms with van der Waals surface area (Å²) in [5, 5.41) is 8.23. The first-order valence-electron chi connectivity index (χ1n) is 8.12. The van der Waals surface area contributed by atoms with Crippen LogP contribution in [0.3, 0.4) is 0 Å². The number of hydrogen-bond acceptors (Lipinski definition) is 6. The summed E-state index contributed by atoms with van der Waals surface area (Å²) in [4.78, 5) is 22.2. The third kappa shape index (κ3) is 3.18. The van der Waals surface area contributed by atoms with Gasteiger partial charge in [-0.25, -0.2) is 4.98 Å².